The minimum Gasteiger partial charge on any atom is -0.493 e. The van der Waals surface area contributed by atoms with E-state index in [0.717, 1.165) is 16.8 Å². The van der Waals surface area contributed by atoms with Gasteiger partial charge in [-0.25, -0.2) is 0 Å². The van der Waals surface area contributed by atoms with Gasteiger partial charge in [0.2, 0.25) is 0 Å². The summed E-state index contributed by atoms with van der Waals surface area (Å²) in [6, 6.07) is 3.71. The van der Waals surface area contributed by atoms with E-state index >= 15 is 0 Å². The molecule has 0 saturated heterocycles. The molecule has 0 aliphatic carbocycles. The number of nitrogens with zero attached hydrogens (tertiary/aromatic N) is 2. The summed E-state index contributed by atoms with van der Waals surface area (Å²) in [5, 5.41) is 4.98. The highest BCUT2D eigenvalue weighted by Gasteiger charge is 2.22. The fourth-order valence-electron chi connectivity index (χ4n) is 2.35. The third-order valence-corrected chi connectivity index (χ3v) is 3.79. The minimum atomic E-state index is 0.204. The number of rotatable bonds is 4. The van der Waals surface area contributed by atoms with Crippen molar-refractivity contribution in [1.82, 2.24) is 9.78 Å². The third-order valence-electron chi connectivity index (χ3n) is 3.42. The second kappa shape index (κ2) is 5.85. The molecule has 0 radical (unpaired) electrons. The van der Waals surface area contributed by atoms with Crippen LogP contribution >= 0.6 is 11.6 Å². The number of aromatic nitrogens is 2. The number of aryl methyl sites for hydroxylation is 1. The summed E-state index contributed by atoms with van der Waals surface area (Å²) < 4.78 is 12.4. The van der Waals surface area contributed by atoms with Crippen LogP contribution in [0, 0.1) is 0 Å². The van der Waals surface area contributed by atoms with Gasteiger partial charge in [-0.1, -0.05) is 25.4 Å². The van der Waals surface area contributed by atoms with Crippen molar-refractivity contribution < 1.29 is 9.47 Å². The minimum absolute atomic E-state index is 0.204. The Hall–Kier alpha value is -1.88. The van der Waals surface area contributed by atoms with Crippen molar-refractivity contribution in [2.75, 3.05) is 20.0 Å². The van der Waals surface area contributed by atoms with Crippen molar-refractivity contribution in [3.63, 3.8) is 0 Å². The van der Waals surface area contributed by atoms with Gasteiger partial charge in [0, 0.05) is 18.7 Å². The zero-order chi connectivity index (χ0) is 15.7. The molecule has 0 saturated carbocycles. The monoisotopic (exact) mass is 309 g/mol. The van der Waals surface area contributed by atoms with Gasteiger partial charge in [-0.05, 0) is 17.5 Å². The van der Waals surface area contributed by atoms with E-state index in [-0.39, 0.29) is 5.92 Å². The lowest BCUT2D eigenvalue weighted by atomic mass is 9.94. The first kappa shape index (κ1) is 15.5. The molecule has 1 aromatic carbocycles. The van der Waals surface area contributed by atoms with Gasteiger partial charge in [-0.3, -0.25) is 4.68 Å². The van der Waals surface area contributed by atoms with Crippen molar-refractivity contribution in [1.29, 1.82) is 0 Å². The highest BCUT2D eigenvalue weighted by atomic mass is 35.5. The fourth-order valence-corrected chi connectivity index (χ4v) is 2.84. The van der Waals surface area contributed by atoms with Gasteiger partial charge in [-0.2, -0.15) is 5.10 Å². The van der Waals surface area contributed by atoms with E-state index in [9.17, 15) is 0 Å². The van der Waals surface area contributed by atoms with Crippen LogP contribution in [0.1, 0.15) is 25.3 Å². The number of nitrogens with two attached hydrogens (primary N) is 1. The quantitative estimate of drug-likeness (QED) is 0.939. The maximum absolute atomic E-state index is 6.52. The number of hydrogen-bond acceptors (Lipinski definition) is 4. The zero-order valence-corrected chi connectivity index (χ0v) is 13.7. The fraction of sp³-hybridized carbons (Fsp3) is 0.400. The van der Waals surface area contributed by atoms with Crippen LogP contribution in [0.5, 0.6) is 11.5 Å². The lowest BCUT2D eigenvalue weighted by Crippen LogP contribution is -2.01. The topological polar surface area (TPSA) is 62.3 Å². The van der Waals surface area contributed by atoms with Gasteiger partial charge in [-0.15, -0.1) is 0 Å². The first-order chi connectivity index (χ1) is 9.90. The van der Waals surface area contributed by atoms with E-state index in [4.69, 9.17) is 26.8 Å². The average molecular weight is 310 g/mol. The molecule has 0 unspecified atom stereocenters. The van der Waals surface area contributed by atoms with Gasteiger partial charge >= 0.3 is 0 Å². The highest BCUT2D eigenvalue weighted by molar-refractivity contribution is 6.33. The average Bonchev–Trinajstić information content (AvgIpc) is 2.76. The van der Waals surface area contributed by atoms with E-state index in [0.29, 0.717) is 22.3 Å². The zero-order valence-electron chi connectivity index (χ0n) is 12.9. The number of nitrogen functional groups attached to an aromatic ring is 1. The summed E-state index contributed by atoms with van der Waals surface area (Å²) >= 11 is 6.52. The molecule has 0 atom stereocenters. The summed E-state index contributed by atoms with van der Waals surface area (Å²) in [5.41, 5.74) is 8.51. The van der Waals surface area contributed by atoms with Crippen molar-refractivity contribution in [3.05, 3.63) is 22.7 Å². The Morgan fingerprint density at radius 2 is 1.90 bits per heavy atom. The number of methoxy groups -OCH3 is 2. The molecule has 2 aromatic rings. The molecule has 0 aliphatic rings. The maximum atomic E-state index is 6.52. The normalized spacial score (nSPS) is 11.0. The number of ether oxygens (including phenoxy) is 2. The van der Waals surface area contributed by atoms with Crippen molar-refractivity contribution in [2.45, 2.75) is 19.8 Å². The molecule has 2 N–H and O–H groups in total. The Morgan fingerprint density at radius 3 is 2.33 bits per heavy atom. The van der Waals surface area contributed by atoms with E-state index in [1.54, 1.807) is 25.9 Å². The Kier molecular flexibility index (Phi) is 4.32. The Morgan fingerprint density at radius 1 is 1.24 bits per heavy atom. The summed E-state index contributed by atoms with van der Waals surface area (Å²) in [4.78, 5) is 0. The molecule has 1 heterocycles. The largest absolute Gasteiger partial charge is 0.493 e. The van der Waals surface area contributed by atoms with Crippen molar-refractivity contribution in [2.24, 2.45) is 7.05 Å². The molecule has 114 valence electrons. The second-order valence-electron chi connectivity index (χ2n) is 5.12. The van der Waals surface area contributed by atoms with Crippen LogP contribution < -0.4 is 15.2 Å². The van der Waals surface area contributed by atoms with E-state index < -0.39 is 0 Å². The van der Waals surface area contributed by atoms with E-state index in [1.165, 1.54) is 0 Å². The van der Waals surface area contributed by atoms with Gasteiger partial charge in [0.1, 0.15) is 5.82 Å². The molecule has 0 aliphatic heterocycles. The van der Waals surface area contributed by atoms with Crippen LogP contribution in [0.3, 0.4) is 0 Å². The molecule has 21 heavy (non-hydrogen) atoms. The summed E-state index contributed by atoms with van der Waals surface area (Å²) in [7, 11) is 4.96. The molecule has 0 amide bonds. The molecule has 0 bridgehead atoms. The molecule has 2 rings (SSSR count). The Balaban J connectivity index is 2.77. The summed E-state index contributed by atoms with van der Waals surface area (Å²) in [6.45, 7) is 4.14. The van der Waals surface area contributed by atoms with Crippen LogP contribution in [-0.2, 0) is 7.05 Å². The molecule has 0 fully saturated rings. The smallest absolute Gasteiger partial charge is 0.179 e. The molecule has 0 spiro atoms. The molecular weight excluding hydrogens is 290 g/mol. The van der Waals surface area contributed by atoms with Crippen LogP contribution in [0.4, 0.5) is 5.82 Å². The predicted octanol–water partition coefficient (Wildman–Crippen LogP) is 3.46. The van der Waals surface area contributed by atoms with Gasteiger partial charge in [0.05, 0.1) is 24.9 Å². The predicted molar refractivity (Wildman–Crippen MR) is 85.3 cm³/mol. The van der Waals surface area contributed by atoms with Gasteiger partial charge in [0.15, 0.2) is 11.5 Å². The van der Waals surface area contributed by atoms with E-state index in [1.807, 2.05) is 12.1 Å². The summed E-state index contributed by atoms with van der Waals surface area (Å²) in [5.74, 6) is 1.91. The SMILES string of the molecule is COc1cc(-c2cc(N)n(C)n2)c(C(C)C)c(Cl)c1OC. The van der Waals surface area contributed by atoms with Crippen LogP contribution in [0.25, 0.3) is 11.3 Å². The molecule has 1 aromatic heterocycles. The standard InChI is InChI=1S/C15H20ClN3O2/c1-8(2)13-9(10-7-12(17)19(3)18-10)6-11(20-4)15(21-5)14(13)16/h6-8H,17H2,1-5H3. The second-order valence-corrected chi connectivity index (χ2v) is 5.50. The Labute approximate surface area is 129 Å². The maximum Gasteiger partial charge on any atom is 0.179 e. The first-order valence-corrected chi connectivity index (χ1v) is 7.02. The number of hydrogen-bond donors (Lipinski definition) is 1. The highest BCUT2D eigenvalue weighted by Crippen LogP contribution is 2.45. The Bertz CT molecular complexity index is 646. The molecule has 5 nitrogen and oxygen atoms in total. The van der Waals surface area contributed by atoms with Crippen molar-refractivity contribution >= 4 is 17.4 Å². The lowest BCUT2D eigenvalue weighted by Gasteiger charge is -2.18. The van der Waals surface area contributed by atoms with E-state index in [2.05, 4.69) is 18.9 Å². The van der Waals surface area contributed by atoms with Gasteiger partial charge in [0.25, 0.3) is 0 Å². The summed E-state index contributed by atoms with van der Waals surface area (Å²) in [6.07, 6.45) is 0. The van der Waals surface area contributed by atoms with Gasteiger partial charge < -0.3 is 15.2 Å². The lowest BCUT2D eigenvalue weighted by molar-refractivity contribution is 0.354. The number of halogens is 1. The van der Waals surface area contributed by atoms with Crippen molar-refractivity contribution in [3.8, 4) is 22.8 Å². The third kappa shape index (κ3) is 2.65. The number of benzene rings is 1. The molecular formula is C15H20ClN3O2. The molecule has 6 heteroatoms. The first-order valence-electron chi connectivity index (χ1n) is 6.64. The van der Waals surface area contributed by atoms with Crippen LogP contribution in [0.2, 0.25) is 5.02 Å². The number of anilines is 1. The van der Waals surface area contributed by atoms with Crippen LogP contribution in [-0.4, -0.2) is 24.0 Å². The van der Waals surface area contributed by atoms with Crippen LogP contribution in [0.15, 0.2) is 12.1 Å².